The summed E-state index contributed by atoms with van der Waals surface area (Å²) in [4.78, 5) is 16.5. The van der Waals surface area contributed by atoms with E-state index in [4.69, 9.17) is 9.26 Å². The molecule has 1 N–H and O–H groups in total. The number of carbonyl (C=O) groups is 1. The molecule has 1 fully saturated rings. The predicted octanol–water partition coefficient (Wildman–Crippen LogP) is 2.76. The van der Waals surface area contributed by atoms with Gasteiger partial charge in [-0.2, -0.15) is 16.7 Å². The molecule has 0 bridgehead atoms. The Bertz CT molecular complexity index is 656. The Morgan fingerprint density at radius 1 is 1.38 bits per heavy atom. The molecule has 0 radical (unpaired) electrons. The van der Waals surface area contributed by atoms with Gasteiger partial charge in [0.1, 0.15) is 5.75 Å². The van der Waals surface area contributed by atoms with Crippen LogP contribution in [0.2, 0.25) is 0 Å². The molecule has 1 saturated heterocycles. The molecule has 1 amide bonds. The summed E-state index contributed by atoms with van der Waals surface area (Å²) in [7, 11) is 0. The Balaban J connectivity index is 1.48. The summed E-state index contributed by atoms with van der Waals surface area (Å²) in [5.74, 6) is 4.29. The summed E-state index contributed by atoms with van der Waals surface area (Å²) in [5.41, 5.74) is 0. The van der Waals surface area contributed by atoms with E-state index < -0.39 is 6.10 Å². The maximum Gasteiger partial charge on any atom is 0.261 e. The van der Waals surface area contributed by atoms with E-state index >= 15 is 0 Å². The smallest absolute Gasteiger partial charge is 0.261 e. The van der Waals surface area contributed by atoms with Crippen LogP contribution in [-0.2, 0) is 11.3 Å². The highest BCUT2D eigenvalue weighted by atomic mass is 32.2. The summed E-state index contributed by atoms with van der Waals surface area (Å²) in [6.07, 6.45) is 1.57. The lowest BCUT2D eigenvalue weighted by Crippen LogP contribution is -2.36. The average molecular weight is 347 g/mol. The fourth-order valence-corrected chi connectivity index (χ4v) is 3.63. The van der Waals surface area contributed by atoms with Gasteiger partial charge in [0.2, 0.25) is 5.89 Å². The molecule has 7 heteroatoms. The SMILES string of the molecule is C[C@H](Oc1ccccc1)C(=O)NCc1nc(C2CCSCC2)no1. The monoisotopic (exact) mass is 347 g/mol. The minimum atomic E-state index is -0.592. The minimum Gasteiger partial charge on any atom is -0.481 e. The zero-order valence-electron chi connectivity index (χ0n) is 13.6. The summed E-state index contributed by atoms with van der Waals surface area (Å²) >= 11 is 1.96. The van der Waals surface area contributed by atoms with E-state index in [1.54, 1.807) is 6.92 Å². The van der Waals surface area contributed by atoms with Crippen molar-refractivity contribution < 1.29 is 14.1 Å². The normalized spacial score (nSPS) is 16.5. The van der Waals surface area contributed by atoms with Crippen molar-refractivity contribution in [3.63, 3.8) is 0 Å². The number of aromatic nitrogens is 2. The van der Waals surface area contributed by atoms with E-state index in [1.807, 2.05) is 42.1 Å². The maximum absolute atomic E-state index is 12.1. The minimum absolute atomic E-state index is 0.215. The molecule has 128 valence electrons. The molecule has 1 aliphatic rings. The third-order valence-corrected chi connectivity index (χ3v) is 4.96. The van der Waals surface area contributed by atoms with Gasteiger partial charge in [-0.1, -0.05) is 23.4 Å². The van der Waals surface area contributed by atoms with Crippen molar-refractivity contribution in [3.05, 3.63) is 42.0 Å². The summed E-state index contributed by atoms with van der Waals surface area (Å²) < 4.78 is 10.8. The molecule has 1 aromatic heterocycles. The van der Waals surface area contributed by atoms with E-state index in [2.05, 4.69) is 15.5 Å². The lowest BCUT2D eigenvalue weighted by atomic mass is 10.0. The largest absolute Gasteiger partial charge is 0.481 e. The number of nitrogens with zero attached hydrogens (tertiary/aromatic N) is 2. The molecule has 1 aromatic carbocycles. The van der Waals surface area contributed by atoms with Gasteiger partial charge in [0.25, 0.3) is 5.91 Å². The molecule has 2 aromatic rings. The van der Waals surface area contributed by atoms with Gasteiger partial charge >= 0.3 is 0 Å². The van der Waals surface area contributed by atoms with Crippen molar-refractivity contribution in [3.8, 4) is 5.75 Å². The third-order valence-electron chi connectivity index (χ3n) is 3.91. The van der Waals surface area contributed by atoms with Crippen LogP contribution in [0.4, 0.5) is 0 Å². The summed E-state index contributed by atoms with van der Waals surface area (Å²) in [5, 5.41) is 6.82. The highest BCUT2D eigenvalue weighted by molar-refractivity contribution is 7.99. The average Bonchev–Trinajstić information content (AvgIpc) is 3.10. The zero-order chi connectivity index (χ0) is 16.8. The van der Waals surface area contributed by atoms with Crippen molar-refractivity contribution >= 4 is 17.7 Å². The second-order valence-electron chi connectivity index (χ2n) is 5.72. The Morgan fingerprint density at radius 3 is 2.88 bits per heavy atom. The van der Waals surface area contributed by atoms with Crippen LogP contribution in [0.3, 0.4) is 0 Å². The van der Waals surface area contributed by atoms with Crippen molar-refractivity contribution in [1.29, 1.82) is 0 Å². The first kappa shape index (κ1) is 16.8. The van der Waals surface area contributed by atoms with Gasteiger partial charge in [0, 0.05) is 5.92 Å². The predicted molar refractivity (Wildman–Crippen MR) is 92.0 cm³/mol. The fourth-order valence-electron chi connectivity index (χ4n) is 2.52. The molecule has 0 aliphatic carbocycles. The summed E-state index contributed by atoms with van der Waals surface area (Å²) in [6.45, 7) is 1.93. The van der Waals surface area contributed by atoms with Gasteiger partial charge in [0.05, 0.1) is 6.54 Å². The standard InChI is InChI=1S/C17H21N3O3S/c1-12(22-14-5-3-2-4-6-14)17(21)18-11-15-19-16(20-23-15)13-7-9-24-10-8-13/h2-6,12-13H,7-11H2,1H3,(H,18,21)/t12-/m0/s1. The Kier molecular flexibility index (Phi) is 5.74. The van der Waals surface area contributed by atoms with Crippen LogP contribution >= 0.6 is 11.8 Å². The number of rotatable bonds is 6. The molecule has 0 spiro atoms. The number of ether oxygens (including phenoxy) is 1. The highest BCUT2D eigenvalue weighted by Gasteiger charge is 2.22. The highest BCUT2D eigenvalue weighted by Crippen LogP contribution is 2.29. The van der Waals surface area contributed by atoms with E-state index in [1.165, 1.54) is 0 Å². The lowest BCUT2D eigenvalue weighted by Gasteiger charge is -2.17. The van der Waals surface area contributed by atoms with Gasteiger partial charge in [-0.3, -0.25) is 4.79 Å². The van der Waals surface area contributed by atoms with Crippen LogP contribution in [0.1, 0.15) is 37.4 Å². The molecule has 0 saturated carbocycles. The van der Waals surface area contributed by atoms with Crippen LogP contribution in [0, 0.1) is 0 Å². The molecule has 1 atom stereocenters. The number of amides is 1. The molecular weight excluding hydrogens is 326 g/mol. The number of benzene rings is 1. The molecule has 6 nitrogen and oxygen atoms in total. The maximum atomic E-state index is 12.1. The van der Waals surface area contributed by atoms with Crippen molar-refractivity contribution in [2.24, 2.45) is 0 Å². The molecule has 24 heavy (non-hydrogen) atoms. The van der Waals surface area contributed by atoms with Crippen LogP contribution in [0.5, 0.6) is 5.75 Å². The first-order chi connectivity index (χ1) is 11.7. The van der Waals surface area contributed by atoms with Gasteiger partial charge in [-0.15, -0.1) is 0 Å². The Labute approximate surface area is 145 Å². The summed E-state index contributed by atoms with van der Waals surface area (Å²) in [6, 6.07) is 9.26. The van der Waals surface area contributed by atoms with Gasteiger partial charge < -0.3 is 14.6 Å². The van der Waals surface area contributed by atoms with E-state index in [-0.39, 0.29) is 12.5 Å². The fraction of sp³-hybridized carbons (Fsp3) is 0.471. The van der Waals surface area contributed by atoms with E-state index in [0.717, 1.165) is 30.2 Å². The number of carbonyl (C=O) groups excluding carboxylic acids is 1. The number of nitrogens with one attached hydrogen (secondary N) is 1. The van der Waals surface area contributed by atoms with Crippen LogP contribution < -0.4 is 10.1 Å². The number of hydrogen-bond donors (Lipinski definition) is 1. The topological polar surface area (TPSA) is 77.2 Å². The van der Waals surface area contributed by atoms with Gasteiger partial charge in [-0.05, 0) is 43.4 Å². The van der Waals surface area contributed by atoms with Crippen molar-refractivity contribution in [2.45, 2.75) is 38.3 Å². The van der Waals surface area contributed by atoms with E-state index in [9.17, 15) is 4.79 Å². The third kappa shape index (κ3) is 4.50. The molecular formula is C17H21N3O3S. The second kappa shape index (κ2) is 8.19. The Hall–Kier alpha value is -2.02. The lowest BCUT2D eigenvalue weighted by molar-refractivity contribution is -0.127. The molecule has 1 aliphatic heterocycles. The van der Waals surface area contributed by atoms with Gasteiger partial charge in [0.15, 0.2) is 11.9 Å². The molecule has 0 unspecified atom stereocenters. The van der Waals surface area contributed by atoms with Crippen LogP contribution in [-0.4, -0.2) is 33.7 Å². The van der Waals surface area contributed by atoms with Crippen molar-refractivity contribution in [1.82, 2.24) is 15.5 Å². The van der Waals surface area contributed by atoms with Crippen LogP contribution in [0.25, 0.3) is 0 Å². The number of hydrogen-bond acceptors (Lipinski definition) is 6. The number of thioether (sulfide) groups is 1. The zero-order valence-corrected chi connectivity index (χ0v) is 14.4. The van der Waals surface area contributed by atoms with Gasteiger partial charge in [-0.25, -0.2) is 0 Å². The van der Waals surface area contributed by atoms with Crippen LogP contribution in [0.15, 0.2) is 34.9 Å². The van der Waals surface area contributed by atoms with Crippen molar-refractivity contribution in [2.75, 3.05) is 11.5 Å². The quantitative estimate of drug-likeness (QED) is 0.866. The second-order valence-corrected chi connectivity index (χ2v) is 6.95. The molecule has 2 heterocycles. The number of para-hydroxylation sites is 1. The first-order valence-electron chi connectivity index (χ1n) is 8.12. The Morgan fingerprint density at radius 2 is 2.12 bits per heavy atom. The first-order valence-corrected chi connectivity index (χ1v) is 9.27. The molecule has 3 rings (SSSR count). The van der Waals surface area contributed by atoms with E-state index in [0.29, 0.717) is 17.6 Å².